The molecule has 102 valence electrons. The van der Waals surface area contributed by atoms with Crippen molar-refractivity contribution in [3.8, 4) is 0 Å². The van der Waals surface area contributed by atoms with Crippen LogP contribution >= 0.6 is 11.6 Å². The standard InChI is InChI=1S/C15H20ClN3/c1-10-5-6-12(8-10)9-19-14(11(2)16)18-13-4-3-7-17-15(13)19/h3-4,7,10-12H,5-6,8-9H2,1-2H3. The van der Waals surface area contributed by atoms with Crippen LogP contribution in [0.5, 0.6) is 0 Å². The first-order chi connectivity index (χ1) is 9.15. The Morgan fingerprint density at radius 2 is 2.32 bits per heavy atom. The summed E-state index contributed by atoms with van der Waals surface area (Å²) < 4.78 is 2.23. The fraction of sp³-hybridized carbons (Fsp3) is 0.600. The Morgan fingerprint density at radius 1 is 1.47 bits per heavy atom. The number of aromatic nitrogens is 3. The number of pyridine rings is 1. The minimum Gasteiger partial charge on any atom is -0.311 e. The second kappa shape index (κ2) is 5.12. The zero-order valence-electron chi connectivity index (χ0n) is 11.5. The smallest absolute Gasteiger partial charge is 0.160 e. The fourth-order valence-electron chi connectivity index (χ4n) is 3.21. The van der Waals surface area contributed by atoms with E-state index in [1.165, 1.54) is 19.3 Å². The van der Waals surface area contributed by atoms with E-state index in [4.69, 9.17) is 11.6 Å². The average Bonchev–Trinajstić information content (AvgIpc) is 2.95. The Balaban J connectivity index is 1.98. The molecule has 2 aromatic heterocycles. The lowest BCUT2D eigenvalue weighted by atomic mass is 10.1. The minimum atomic E-state index is -0.0759. The quantitative estimate of drug-likeness (QED) is 0.789. The van der Waals surface area contributed by atoms with Gasteiger partial charge in [0.25, 0.3) is 0 Å². The van der Waals surface area contributed by atoms with Crippen LogP contribution in [0.4, 0.5) is 0 Å². The van der Waals surface area contributed by atoms with Crippen molar-refractivity contribution in [2.75, 3.05) is 0 Å². The topological polar surface area (TPSA) is 30.7 Å². The molecule has 0 bridgehead atoms. The van der Waals surface area contributed by atoms with Gasteiger partial charge in [0.1, 0.15) is 11.3 Å². The number of imidazole rings is 1. The van der Waals surface area contributed by atoms with Gasteiger partial charge in [-0.3, -0.25) is 0 Å². The SMILES string of the molecule is CC1CCC(Cn2c(C(C)Cl)nc3cccnc32)C1. The average molecular weight is 278 g/mol. The third kappa shape index (κ3) is 2.48. The molecule has 1 saturated carbocycles. The molecule has 1 aliphatic carbocycles. The maximum Gasteiger partial charge on any atom is 0.160 e. The molecular weight excluding hydrogens is 258 g/mol. The zero-order valence-corrected chi connectivity index (χ0v) is 12.3. The van der Waals surface area contributed by atoms with Crippen LogP contribution in [0.2, 0.25) is 0 Å². The van der Waals surface area contributed by atoms with Gasteiger partial charge in [-0.2, -0.15) is 0 Å². The second-order valence-corrected chi connectivity index (χ2v) is 6.48. The first kappa shape index (κ1) is 12.9. The van der Waals surface area contributed by atoms with Gasteiger partial charge >= 0.3 is 0 Å². The Hall–Kier alpha value is -1.09. The summed E-state index contributed by atoms with van der Waals surface area (Å²) in [6, 6.07) is 3.94. The number of nitrogens with zero attached hydrogens (tertiary/aromatic N) is 3. The number of hydrogen-bond acceptors (Lipinski definition) is 2. The van der Waals surface area contributed by atoms with Gasteiger partial charge in [0, 0.05) is 12.7 Å². The summed E-state index contributed by atoms with van der Waals surface area (Å²) in [5, 5.41) is -0.0759. The first-order valence-electron chi connectivity index (χ1n) is 7.10. The highest BCUT2D eigenvalue weighted by Crippen LogP contribution is 2.33. The zero-order chi connectivity index (χ0) is 13.4. The van der Waals surface area contributed by atoms with E-state index in [-0.39, 0.29) is 5.38 Å². The molecule has 3 rings (SSSR count). The van der Waals surface area contributed by atoms with Gasteiger partial charge in [0.2, 0.25) is 0 Å². The Labute approximate surface area is 119 Å². The molecule has 0 N–H and O–H groups in total. The van der Waals surface area contributed by atoms with Crippen LogP contribution in [0.15, 0.2) is 18.3 Å². The van der Waals surface area contributed by atoms with Gasteiger partial charge < -0.3 is 4.57 Å². The monoisotopic (exact) mass is 277 g/mol. The summed E-state index contributed by atoms with van der Waals surface area (Å²) in [4.78, 5) is 9.13. The molecule has 19 heavy (non-hydrogen) atoms. The Morgan fingerprint density at radius 3 is 3.00 bits per heavy atom. The molecule has 0 saturated heterocycles. The number of fused-ring (bicyclic) bond motifs is 1. The molecule has 0 aromatic carbocycles. The summed E-state index contributed by atoms with van der Waals surface area (Å²) in [5.41, 5.74) is 1.93. The van der Waals surface area contributed by atoms with Crippen molar-refractivity contribution in [1.29, 1.82) is 0 Å². The van der Waals surface area contributed by atoms with Crippen molar-refractivity contribution in [3.05, 3.63) is 24.2 Å². The molecule has 2 heterocycles. The van der Waals surface area contributed by atoms with Gasteiger partial charge in [0.05, 0.1) is 5.38 Å². The molecule has 0 radical (unpaired) electrons. The molecule has 3 nitrogen and oxygen atoms in total. The van der Waals surface area contributed by atoms with E-state index in [0.29, 0.717) is 0 Å². The van der Waals surface area contributed by atoms with E-state index in [1.54, 1.807) is 0 Å². The summed E-state index contributed by atoms with van der Waals surface area (Å²) in [6.07, 6.45) is 5.79. The normalized spacial score (nSPS) is 25.0. The second-order valence-electron chi connectivity index (χ2n) is 5.83. The van der Waals surface area contributed by atoms with Crippen LogP contribution in [-0.4, -0.2) is 14.5 Å². The van der Waals surface area contributed by atoms with E-state index in [2.05, 4.69) is 21.5 Å². The van der Waals surface area contributed by atoms with E-state index in [1.807, 2.05) is 25.3 Å². The van der Waals surface area contributed by atoms with E-state index >= 15 is 0 Å². The molecule has 3 unspecified atom stereocenters. The lowest BCUT2D eigenvalue weighted by molar-refractivity contribution is 0.437. The van der Waals surface area contributed by atoms with Gasteiger partial charge in [-0.15, -0.1) is 11.6 Å². The van der Waals surface area contributed by atoms with Gasteiger partial charge in [0.15, 0.2) is 5.65 Å². The minimum absolute atomic E-state index is 0.0759. The fourth-order valence-corrected chi connectivity index (χ4v) is 3.38. The summed E-state index contributed by atoms with van der Waals surface area (Å²) in [6.45, 7) is 5.33. The van der Waals surface area contributed by atoms with Crippen LogP contribution in [0.3, 0.4) is 0 Å². The van der Waals surface area contributed by atoms with Crippen molar-refractivity contribution in [3.63, 3.8) is 0 Å². The highest BCUT2D eigenvalue weighted by molar-refractivity contribution is 6.20. The van der Waals surface area contributed by atoms with Crippen molar-refractivity contribution < 1.29 is 0 Å². The number of alkyl halides is 1. The molecule has 4 heteroatoms. The Kier molecular flexibility index (Phi) is 3.48. The highest BCUT2D eigenvalue weighted by atomic mass is 35.5. The molecule has 0 amide bonds. The summed E-state index contributed by atoms with van der Waals surface area (Å²) in [5.74, 6) is 2.54. The third-order valence-corrected chi connectivity index (χ3v) is 4.33. The van der Waals surface area contributed by atoms with Crippen molar-refractivity contribution >= 4 is 22.8 Å². The molecule has 1 fully saturated rings. The van der Waals surface area contributed by atoms with Gasteiger partial charge in [-0.05, 0) is 43.7 Å². The van der Waals surface area contributed by atoms with E-state index < -0.39 is 0 Å². The predicted molar refractivity (Wildman–Crippen MR) is 78.3 cm³/mol. The van der Waals surface area contributed by atoms with Gasteiger partial charge in [-0.25, -0.2) is 9.97 Å². The lowest BCUT2D eigenvalue weighted by Gasteiger charge is -2.14. The van der Waals surface area contributed by atoms with Crippen molar-refractivity contribution in [2.24, 2.45) is 11.8 Å². The van der Waals surface area contributed by atoms with E-state index in [0.717, 1.165) is 35.4 Å². The summed E-state index contributed by atoms with van der Waals surface area (Å²) >= 11 is 6.28. The largest absolute Gasteiger partial charge is 0.311 e. The van der Waals surface area contributed by atoms with Crippen molar-refractivity contribution in [1.82, 2.24) is 14.5 Å². The molecule has 2 aromatic rings. The van der Waals surface area contributed by atoms with Crippen LogP contribution < -0.4 is 0 Å². The molecule has 0 spiro atoms. The van der Waals surface area contributed by atoms with Crippen LogP contribution in [0.25, 0.3) is 11.2 Å². The Bertz CT molecular complexity index is 576. The maximum absolute atomic E-state index is 6.28. The third-order valence-electron chi connectivity index (χ3n) is 4.13. The highest BCUT2D eigenvalue weighted by Gasteiger charge is 2.24. The summed E-state index contributed by atoms with van der Waals surface area (Å²) in [7, 11) is 0. The van der Waals surface area contributed by atoms with E-state index in [9.17, 15) is 0 Å². The lowest BCUT2D eigenvalue weighted by Crippen LogP contribution is -2.12. The van der Waals surface area contributed by atoms with Gasteiger partial charge in [-0.1, -0.05) is 13.3 Å². The van der Waals surface area contributed by atoms with Crippen molar-refractivity contribution in [2.45, 2.75) is 45.0 Å². The molecule has 0 aliphatic heterocycles. The molecule has 3 atom stereocenters. The molecule has 1 aliphatic rings. The van der Waals surface area contributed by atoms with Crippen LogP contribution in [0.1, 0.15) is 44.3 Å². The number of halogens is 1. The van der Waals surface area contributed by atoms with Crippen LogP contribution in [-0.2, 0) is 6.54 Å². The first-order valence-corrected chi connectivity index (χ1v) is 7.54. The maximum atomic E-state index is 6.28. The predicted octanol–water partition coefficient (Wildman–Crippen LogP) is 4.17. The van der Waals surface area contributed by atoms with Crippen LogP contribution in [0, 0.1) is 11.8 Å². The molecular formula is C15H20ClN3. The number of hydrogen-bond donors (Lipinski definition) is 0. The number of rotatable bonds is 3.